The van der Waals surface area contributed by atoms with E-state index in [1.807, 2.05) is 0 Å². The average molecular weight is 391 g/mol. The highest BCUT2D eigenvalue weighted by Crippen LogP contribution is 2.44. The van der Waals surface area contributed by atoms with E-state index < -0.39 is 0 Å². The van der Waals surface area contributed by atoms with Crippen LogP contribution in [0.2, 0.25) is 0 Å². The minimum absolute atomic E-state index is 0.126. The van der Waals surface area contributed by atoms with Gasteiger partial charge in [-0.1, -0.05) is 0 Å². The van der Waals surface area contributed by atoms with Crippen LogP contribution in [-0.2, 0) is 17.6 Å². The third kappa shape index (κ3) is 2.67. The second kappa shape index (κ2) is 6.58. The van der Waals surface area contributed by atoms with E-state index in [2.05, 4.69) is 5.32 Å². The number of amides is 1. The Balaban J connectivity index is 1.73. The number of hydrogen-bond donors (Lipinski definition) is 2. The molecule has 1 aromatic heterocycles. The van der Waals surface area contributed by atoms with E-state index in [0.717, 1.165) is 48.0 Å². The number of fused-ring (bicyclic) bond motifs is 4. The van der Waals surface area contributed by atoms with Gasteiger partial charge >= 0.3 is 0 Å². The summed E-state index contributed by atoms with van der Waals surface area (Å²) in [6.07, 6.45) is 5.76. The number of phenolic OH excluding ortho intramolecular Hbond substituents is 1. The van der Waals surface area contributed by atoms with Crippen molar-refractivity contribution in [1.29, 1.82) is 0 Å². The van der Waals surface area contributed by atoms with Crippen LogP contribution in [0.3, 0.4) is 0 Å². The number of ether oxygens (including phenoxy) is 2. The molecule has 148 valence electrons. The number of anilines is 1. The molecular weight excluding hydrogens is 370 g/mol. The standard InChI is InChI=1S/C23H21NO5/c1-27-20-10-13-14(23(26)24-16(13)11-21(20)28-2)9-15-17(25)7-8-19-22(15)12-5-3-4-6-18(12)29-19/h7-11,25H,3-6H2,1-2H3,(H,24,26). The van der Waals surface area contributed by atoms with E-state index in [1.165, 1.54) is 0 Å². The Hall–Kier alpha value is -3.41. The summed E-state index contributed by atoms with van der Waals surface area (Å²) in [7, 11) is 3.11. The van der Waals surface area contributed by atoms with Crippen LogP contribution in [0.4, 0.5) is 5.69 Å². The molecule has 1 aliphatic heterocycles. The van der Waals surface area contributed by atoms with Gasteiger partial charge in [-0.3, -0.25) is 4.79 Å². The lowest BCUT2D eigenvalue weighted by atomic mass is 9.92. The number of phenols is 1. The second-order valence-electron chi connectivity index (χ2n) is 7.35. The van der Waals surface area contributed by atoms with Gasteiger partial charge in [-0.05, 0) is 43.5 Å². The predicted octanol–water partition coefficient (Wildman–Crippen LogP) is 4.53. The smallest absolute Gasteiger partial charge is 0.256 e. The summed E-state index contributed by atoms with van der Waals surface area (Å²) in [4.78, 5) is 12.7. The summed E-state index contributed by atoms with van der Waals surface area (Å²) >= 11 is 0. The van der Waals surface area contributed by atoms with Crippen molar-refractivity contribution in [3.63, 3.8) is 0 Å². The lowest BCUT2D eigenvalue weighted by molar-refractivity contribution is -0.110. The van der Waals surface area contributed by atoms with Crippen molar-refractivity contribution in [2.24, 2.45) is 0 Å². The molecule has 6 heteroatoms. The maximum absolute atomic E-state index is 12.7. The number of methoxy groups -OCH3 is 2. The molecule has 2 N–H and O–H groups in total. The van der Waals surface area contributed by atoms with Crippen molar-refractivity contribution in [1.82, 2.24) is 0 Å². The molecule has 0 saturated carbocycles. The zero-order chi connectivity index (χ0) is 20.1. The molecule has 1 aliphatic carbocycles. The summed E-state index contributed by atoms with van der Waals surface area (Å²) in [6.45, 7) is 0. The third-order valence-corrected chi connectivity index (χ3v) is 5.73. The fourth-order valence-electron chi connectivity index (χ4n) is 4.32. The molecule has 0 bridgehead atoms. The Morgan fingerprint density at radius 1 is 1.10 bits per heavy atom. The highest BCUT2D eigenvalue weighted by atomic mass is 16.5. The number of rotatable bonds is 3. The van der Waals surface area contributed by atoms with Crippen molar-refractivity contribution in [2.45, 2.75) is 25.7 Å². The molecule has 5 rings (SSSR count). The highest BCUT2D eigenvalue weighted by molar-refractivity contribution is 6.35. The molecule has 2 aromatic carbocycles. The van der Waals surface area contributed by atoms with E-state index >= 15 is 0 Å². The van der Waals surface area contributed by atoms with Gasteiger partial charge in [-0.15, -0.1) is 0 Å². The van der Waals surface area contributed by atoms with Crippen LogP contribution in [-0.4, -0.2) is 25.2 Å². The quantitative estimate of drug-likeness (QED) is 0.641. The summed E-state index contributed by atoms with van der Waals surface area (Å²) in [5, 5.41) is 14.4. The van der Waals surface area contributed by atoms with Gasteiger partial charge in [0.2, 0.25) is 0 Å². The second-order valence-corrected chi connectivity index (χ2v) is 7.35. The Labute approximate surface area is 167 Å². The Bertz CT molecular complexity index is 1190. The zero-order valence-electron chi connectivity index (χ0n) is 16.3. The number of benzene rings is 2. The SMILES string of the molecule is COc1cc2c(cc1OC)C(=Cc1c(O)ccc3oc4c(c13)CCCC4)C(=O)N2. The van der Waals surface area contributed by atoms with E-state index in [-0.39, 0.29) is 11.7 Å². The molecule has 2 heterocycles. The van der Waals surface area contributed by atoms with Gasteiger partial charge in [0.1, 0.15) is 17.1 Å². The van der Waals surface area contributed by atoms with Crippen molar-refractivity contribution in [3.05, 3.63) is 46.7 Å². The van der Waals surface area contributed by atoms with E-state index in [4.69, 9.17) is 13.9 Å². The topological polar surface area (TPSA) is 80.9 Å². The Morgan fingerprint density at radius 3 is 2.66 bits per heavy atom. The molecule has 0 fully saturated rings. The Morgan fingerprint density at radius 2 is 1.86 bits per heavy atom. The molecule has 29 heavy (non-hydrogen) atoms. The first-order valence-corrected chi connectivity index (χ1v) is 9.66. The maximum Gasteiger partial charge on any atom is 0.256 e. The normalized spacial score (nSPS) is 16.6. The minimum atomic E-state index is -0.232. The molecule has 6 nitrogen and oxygen atoms in total. The fourth-order valence-corrected chi connectivity index (χ4v) is 4.32. The van der Waals surface area contributed by atoms with Crippen LogP contribution < -0.4 is 14.8 Å². The van der Waals surface area contributed by atoms with Crippen molar-refractivity contribution < 1.29 is 23.8 Å². The lowest BCUT2D eigenvalue weighted by Gasteiger charge is -2.11. The van der Waals surface area contributed by atoms with Gasteiger partial charge in [0, 0.05) is 40.1 Å². The van der Waals surface area contributed by atoms with Crippen LogP contribution in [0, 0.1) is 0 Å². The molecule has 0 spiro atoms. The molecular formula is C23H21NO5. The zero-order valence-corrected chi connectivity index (χ0v) is 16.3. The summed E-state index contributed by atoms with van der Waals surface area (Å²) < 4.78 is 16.8. The summed E-state index contributed by atoms with van der Waals surface area (Å²) in [6, 6.07) is 6.93. The van der Waals surface area contributed by atoms with Gasteiger partial charge in [0.15, 0.2) is 11.5 Å². The number of furan rings is 1. The van der Waals surface area contributed by atoms with Gasteiger partial charge in [0.05, 0.1) is 19.9 Å². The maximum atomic E-state index is 12.7. The van der Waals surface area contributed by atoms with Crippen LogP contribution in [0.1, 0.15) is 35.3 Å². The lowest BCUT2D eigenvalue weighted by Crippen LogP contribution is -2.04. The fraction of sp³-hybridized carbons (Fsp3) is 0.261. The molecule has 3 aromatic rings. The number of carbonyl (C=O) groups is 1. The molecule has 2 aliphatic rings. The van der Waals surface area contributed by atoms with Crippen molar-refractivity contribution in [3.8, 4) is 17.2 Å². The van der Waals surface area contributed by atoms with Gasteiger partial charge < -0.3 is 24.3 Å². The molecule has 0 radical (unpaired) electrons. The molecule has 1 amide bonds. The number of aromatic hydroxyl groups is 1. The monoisotopic (exact) mass is 391 g/mol. The number of nitrogens with one attached hydrogen (secondary N) is 1. The van der Waals surface area contributed by atoms with Crippen LogP contribution in [0.5, 0.6) is 17.2 Å². The number of hydrogen-bond acceptors (Lipinski definition) is 5. The average Bonchev–Trinajstić information content (AvgIpc) is 3.25. The van der Waals surface area contributed by atoms with Crippen LogP contribution in [0.25, 0.3) is 22.6 Å². The van der Waals surface area contributed by atoms with E-state index in [1.54, 1.807) is 44.6 Å². The van der Waals surface area contributed by atoms with Gasteiger partial charge in [0.25, 0.3) is 5.91 Å². The summed E-state index contributed by atoms with van der Waals surface area (Å²) in [5.74, 6) is 1.96. The van der Waals surface area contributed by atoms with E-state index in [0.29, 0.717) is 33.9 Å². The minimum Gasteiger partial charge on any atom is -0.507 e. The summed E-state index contributed by atoms with van der Waals surface area (Å²) in [5.41, 5.74) is 4.32. The predicted molar refractivity (Wildman–Crippen MR) is 111 cm³/mol. The molecule has 0 atom stereocenters. The molecule has 0 unspecified atom stereocenters. The van der Waals surface area contributed by atoms with Crippen molar-refractivity contribution in [2.75, 3.05) is 19.5 Å². The number of carbonyl (C=O) groups excluding carboxylic acids is 1. The number of aryl methyl sites for hydroxylation is 2. The largest absolute Gasteiger partial charge is 0.507 e. The highest BCUT2D eigenvalue weighted by Gasteiger charge is 2.28. The first-order chi connectivity index (χ1) is 14.1. The van der Waals surface area contributed by atoms with Crippen LogP contribution >= 0.6 is 0 Å². The third-order valence-electron chi connectivity index (χ3n) is 5.73. The molecule has 0 saturated heterocycles. The van der Waals surface area contributed by atoms with E-state index in [9.17, 15) is 9.90 Å². The first-order valence-electron chi connectivity index (χ1n) is 9.66. The van der Waals surface area contributed by atoms with Crippen molar-refractivity contribution >= 4 is 34.2 Å². The Kier molecular flexibility index (Phi) is 4.01. The van der Waals surface area contributed by atoms with Gasteiger partial charge in [-0.25, -0.2) is 0 Å². The first kappa shape index (κ1) is 17.7. The van der Waals surface area contributed by atoms with Crippen LogP contribution in [0.15, 0.2) is 28.7 Å². The van der Waals surface area contributed by atoms with Gasteiger partial charge in [-0.2, -0.15) is 0 Å².